The van der Waals surface area contributed by atoms with Crippen molar-refractivity contribution >= 4 is 12.3 Å². The van der Waals surface area contributed by atoms with Gasteiger partial charge in [-0.3, -0.25) is 15.4 Å². The molecule has 1 aliphatic carbocycles. The highest BCUT2D eigenvalue weighted by atomic mass is 16.4. The first-order valence-electron chi connectivity index (χ1n) is 7.56. The minimum Gasteiger partial charge on any atom is -0.480 e. The molecule has 6 nitrogen and oxygen atoms in total. The van der Waals surface area contributed by atoms with Crippen LogP contribution in [0.4, 0.5) is 0 Å². The number of piperidine rings is 2. The Hall–Kier alpha value is -0.980. The molecule has 0 aromatic rings. The molecule has 0 aromatic heterocycles. The highest BCUT2D eigenvalue weighted by Gasteiger charge is 2.47. The molecule has 3 aliphatic rings. The van der Waals surface area contributed by atoms with Crippen molar-refractivity contribution in [2.75, 3.05) is 0 Å². The van der Waals surface area contributed by atoms with Gasteiger partial charge in [0.05, 0.1) is 6.17 Å². The standard InChI is InChI=1S/C14H23N3O3/c15-13-9(6-18)5-8-2-1-7-3-4-10(14(19)20)16-11(7)12(8)17-13/h6-13,16-17H,1-5,15H2,(H,19,20). The fourth-order valence-electron chi connectivity index (χ4n) is 4.31. The lowest BCUT2D eigenvalue weighted by atomic mass is 9.66. The Morgan fingerprint density at radius 2 is 1.75 bits per heavy atom. The van der Waals surface area contributed by atoms with Gasteiger partial charge in [-0.2, -0.15) is 0 Å². The smallest absolute Gasteiger partial charge is 0.320 e. The van der Waals surface area contributed by atoms with E-state index in [4.69, 9.17) is 5.73 Å². The van der Waals surface area contributed by atoms with E-state index in [1.54, 1.807) is 0 Å². The molecule has 2 heterocycles. The van der Waals surface area contributed by atoms with Crippen LogP contribution < -0.4 is 16.4 Å². The van der Waals surface area contributed by atoms with Crippen molar-refractivity contribution in [1.82, 2.24) is 10.6 Å². The monoisotopic (exact) mass is 281 g/mol. The van der Waals surface area contributed by atoms with E-state index < -0.39 is 12.0 Å². The first kappa shape index (κ1) is 14.0. The van der Waals surface area contributed by atoms with Crippen molar-refractivity contribution in [3.63, 3.8) is 0 Å². The van der Waals surface area contributed by atoms with Crippen LogP contribution in [0.3, 0.4) is 0 Å². The van der Waals surface area contributed by atoms with Gasteiger partial charge in [0.1, 0.15) is 12.3 Å². The molecule has 6 heteroatoms. The zero-order valence-electron chi connectivity index (χ0n) is 11.5. The van der Waals surface area contributed by atoms with Gasteiger partial charge in [0.25, 0.3) is 0 Å². The molecule has 7 unspecified atom stereocenters. The van der Waals surface area contributed by atoms with Gasteiger partial charge in [0, 0.05) is 18.0 Å². The van der Waals surface area contributed by atoms with Crippen LogP contribution in [0.1, 0.15) is 32.1 Å². The van der Waals surface area contributed by atoms with E-state index in [2.05, 4.69) is 10.6 Å². The number of carboxylic acids is 1. The zero-order chi connectivity index (χ0) is 14.3. The number of hydrogen-bond acceptors (Lipinski definition) is 5. The molecule has 0 amide bonds. The molecule has 1 saturated carbocycles. The Bertz CT molecular complexity index is 403. The van der Waals surface area contributed by atoms with E-state index in [9.17, 15) is 14.7 Å². The summed E-state index contributed by atoms with van der Waals surface area (Å²) in [5.74, 6) is 0.0636. The maximum Gasteiger partial charge on any atom is 0.320 e. The fraction of sp³-hybridized carbons (Fsp3) is 0.857. The van der Waals surface area contributed by atoms with Crippen LogP contribution in [0.25, 0.3) is 0 Å². The SMILES string of the molecule is NC1NC2C(CCC3CCC(C(=O)O)NC32)CC1C=O. The number of carbonyl (C=O) groups excluding carboxylic acids is 1. The number of aldehydes is 1. The Labute approximate surface area is 118 Å². The second kappa shape index (κ2) is 5.42. The lowest BCUT2D eigenvalue weighted by molar-refractivity contribution is -0.141. The summed E-state index contributed by atoms with van der Waals surface area (Å²) in [5.41, 5.74) is 6.03. The molecule has 0 bridgehead atoms. The van der Waals surface area contributed by atoms with Crippen molar-refractivity contribution in [3.05, 3.63) is 0 Å². The summed E-state index contributed by atoms with van der Waals surface area (Å²) in [6.45, 7) is 0. The number of carboxylic acid groups (broad SMARTS) is 1. The summed E-state index contributed by atoms with van der Waals surface area (Å²) < 4.78 is 0. The van der Waals surface area contributed by atoms with Crippen molar-refractivity contribution in [2.24, 2.45) is 23.5 Å². The Kier molecular flexibility index (Phi) is 3.79. The Morgan fingerprint density at radius 1 is 1.10 bits per heavy atom. The van der Waals surface area contributed by atoms with Crippen molar-refractivity contribution in [1.29, 1.82) is 0 Å². The lowest BCUT2D eigenvalue weighted by Gasteiger charge is -2.51. The highest BCUT2D eigenvalue weighted by Crippen LogP contribution is 2.40. The van der Waals surface area contributed by atoms with Gasteiger partial charge in [-0.25, -0.2) is 0 Å². The largest absolute Gasteiger partial charge is 0.480 e. The van der Waals surface area contributed by atoms with Gasteiger partial charge in [0.2, 0.25) is 0 Å². The number of nitrogens with two attached hydrogens (primary N) is 1. The van der Waals surface area contributed by atoms with Gasteiger partial charge in [-0.1, -0.05) is 0 Å². The molecule has 7 atom stereocenters. The molecule has 20 heavy (non-hydrogen) atoms. The quantitative estimate of drug-likeness (QED) is 0.517. The summed E-state index contributed by atoms with van der Waals surface area (Å²) in [7, 11) is 0. The van der Waals surface area contributed by atoms with Crippen molar-refractivity contribution in [3.8, 4) is 0 Å². The number of hydrogen-bond donors (Lipinski definition) is 4. The van der Waals surface area contributed by atoms with Crippen LogP contribution >= 0.6 is 0 Å². The van der Waals surface area contributed by atoms with Crippen LogP contribution in [0.2, 0.25) is 0 Å². The molecular weight excluding hydrogens is 258 g/mol. The van der Waals surface area contributed by atoms with Crippen LogP contribution in [0, 0.1) is 17.8 Å². The van der Waals surface area contributed by atoms with Gasteiger partial charge in [-0.05, 0) is 43.9 Å². The van der Waals surface area contributed by atoms with E-state index in [0.717, 1.165) is 32.0 Å². The summed E-state index contributed by atoms with van der Waals surface area (Å²) in [6.07, 6.45) is 5.37. The van der Waals surface area contributed by atoms with E-state index in [0.29, 0.717) is 18.3 Å². The average Bonchev–Trinajstić information content (AvgIpc) is 2.45. The molecule has 0 aromatic carbocycles. The first-order valence-corrected chi connectivity index (χ1v) is 7.56. The van der Waals surface area contributed by atoms with Crippen LogP contribution in [-0.4, -0.2) is 41.7 Å². The molecule has 3 fully saturated rings. The van der Waals surface area contributed by atoms with Crippen LogP contribution in [0.15, 0.2) is 0 Å². The van der Waals surface area contributed by atoms with Gasteiger partial charge in [0.15, 0.2) is 0 Å². The number of nitrogens with one attached hydrogen (secondary N) is 2. The molecule has 0 radical (unpaired) electrons. The minimum absolute atomic E-state index is 0.119. The predicted molar refractivity (Wildman–Crippen MR) is 72.9 cm³/mol. The van der Waals surface area contributed by atoms with E-state index in [1.165, 1.54) is 0 Å². The van der Waals surface area contributed by atoms with Crippen LogP contribution in [-0.2, 0) is 9.59 Å². The first-order chi connectivity index (χ1) is 9.60. The third-order valence-electron chi connectivity index (χ3n) is 5.42. The Morgan fingerprint density at radius 3 is 2.45 bits per heavy atom. The molecule has 2 saturated heterocycles. The Balaban J connectivity index is 1.75. The number of rotatable bonds is 2. The van der Waals surface area contributed by atoms with Gasteiger partial charge < -0.3 is 15.6 Å². The third-order valence-corrected chi connectivity index (χ3v) is 5.42. The highest BCUT2D eigenvalue weighted by molar-refractivity contribution is 5.73. The predicted octanol–water partition coefficient (Wildman–Crippen LogP) is -0.320. The minimum atomic E-state index is -0.767. The summed E-state index contributed by atoms with van der Waals surface area (Å²) in [6, 6.07) is -0.0822. The molecular formula is C14H23N3O3. The number of fused-ring (bicyclic) bond motifs is 3. The molecule has 112 valence electrons. The maximum absolute atomic E-state index is 11.2. The van der Waals surface area contributed by atoms with Crippen molar-refractivity contribution in [2.45, 2.75) is 56.4 Å². The number of carbonyl (C=O) groups is 2. The summed E-state index contributed by atoms with van der Waals surface area (Å²) >= 11 is 0. The molecule has 3 rings (SSSR count). The van der Waals surface area contributed by atoms with Gasteiger partial charge >= 0.3 is 5.97 Å². The summed E-state index contributed by atoms with van der Waals surface area (Å²) in [4.78, 5) is 22.3. The number of aliphatic carboxylic acids is 1. The molecule has 0 spiro atoms. The van der Waals surface area contributed by atoms with Crippen molar-refractivity contribution < 1.29 is 14.7 Å². The van der Waals surface area contributed by atoms with E-state index >= 15 is 0 Å². The average molecular weight is 281 g/mol. The zero-order valence-corrected chi connectivity index (χ0v) is 11.5. The summed E-state index contributed by atoms with van der Waals surface area (Å²) in [5, 5.41) is 15.9. The normalized spacial score (nSPS) is 48.0. The molecule has 5 N–H and O–H groups in total. The van der Waals surface area contributed by atoms with Gasteiger partial charge in [-0.15, -0.1) is 0 Å². The second-order valence-electron chi connectivity index (χ2n) is 6.51. The maximum atomic E-state index is 11.2. The fourth-order valence-corrected chi connectivity index (χ4v) is 4.31. The van der Waals surface area contributed by atoms with E-state index in [-0.39, 0.29) is 24.2 Å². The third kappa shape index (κ3) is 2.36. The van der Waals surface area contributed by atoms with E-state index in [1.807, 2.05) is 0 Å². The lowest BCUT2D eigenvalue weighted by Crippen LogP contribution is -2.69. The van der Waals surface area contributed by atoms with Crippen LogP contribution in [0.5, 0.6) is 0 Å². The topological polar surface area (TPSA) is 104 Å². The second-order valence-corrected chi connectivity index (χ2v) is 6.51. The molecule has 2 aliphatic heterocycles.